The number of halogens is 1. The molecule has 0 saturated carbocycles. The zero-order valence-electron chi connectivity index (χ0n) is 7.98. The summed E-state index contributed by atoms with van der Waals surface area (Å²) in [5.74, 6) is -0.573. The van der Waals surface area contributed by atoms with Gasteiger partial charge in [0.25, 0.3) is 0 Å². The SMILES string of the molecule is CC(O)C(Cl)C=C1C(=O)OC(C)C1O. The van der Waals surface area contributed by atoms with E-state index in [2.05, 4.69) is 0 Å². The Balaban J connectivity index is 2.81. The Hall–Kier alpha value is -0.580. The van der Waals surface area contributed by atoms with Crippen molar-refractivity contribution in [2.75, 3.05) is 0 Å². The van der Waals surface area contributed by atoms with Crippen LogP contribution < -0.4 is 0 Å². The topological polar surface area (TPSA) is 66.8 Å². The lowest BCUT2D eigenvalue weighted by atomic mass is 10.1. The third kappa shape index (κ3) is 2.26. The Bertz CT molecular complexity index is 262. The zero-order chi connectivity index (χ0) is 10.9. The van der Waals surface area contributed by atoms with Crippen LogP contribution in [0.5, 0.6) is 0 Å². The van der Waals surface area contributed by atoms with Crippen LogP contribution in [-0.4, -0.2) is 39.9 Å². The first-order chi connectivity index (χ1) is 6.43. The molecule has 0 aliphatic carbocycles. The third-order valence-corrected chi connectivity index (χ3v) is 2.58. The summed E-state index contributed by atoms with van der Waals surface area (Å²) in [4.78, 5) is 11.2. The monoisotopic (exact) mass is 220 g/mol. The summed E-state index contributed by atoms with van der Waals surface area (Å²) in [6, 6.07) is 0. The van der Waals surface area contributed by atoms with Crippen molar-refractivity contribution in [3.05, 3.63) is 11.6 Å². The largest absolute Gasteiger partial charge is 0.456 e. The van der Waals surface area contributed by atoms with E-state index in [1.807, 2.05) is 0 Å². The Morgan fingerprint density at radius 3 is 2.57 bits per heavy atom. The van der Waals surface area contributed by atoms with Crippen molar-refractivity contribution in [3.63, 3.8) is 0 Å². The maximum absolute atomic E-state index is 11.2. The van der Waals surface area contributed by atoms with E-state index in [1.54, 1.807) is 6.92 Å². The Morgan fingerprint density at radius 2 is 2.21 bits per heavy atom. The number of esters is 1. The second-order valence-electron chi connectivity index (χ2n) is 3.36. The second-order valence-corrected chi connectivity index (χ2v) is 3.87. The molecule has 0 aromatic rings. The third-order valence-electron chi connectivity index (χ3n) is 2.09. The summed E-state index contributed by atoms with van der Waals surface area (Å²) >= 11 is 5.73. The number of ether oxygens (including phenoxy) is 1. The van der Waals surface area contributed by atoms with Crippen molar-refractivity contribution in [2.45, 2.75) is 37.5 Å². The van der Waals surface area contributed by atoms with E-state index in [0.717, 1.165) is 0 Å². The van der Waals surface area contributed by atoms with E-state index in [0.29, 0.717) is 0 Å². The number of cyclic esters (lactones) is 1. The first-order valence-corrected chi connectivity index (χ1v) is 4.80. The number of rotatable bonds is 2. The highest BCUT2D eigenvalue weighted by molar-refractivity contribution is 6.22. The van der Waals surface area contributed by atoms with Gasteiger partial charge in [0.05, 0.1) is 17.1 Å². The highest BCUT2D eigenvalue weighted by Crippen LogP contribution is 2.22. The van der Waals surface area contributed by atoms with E-state index in [1.165, 1.54) is 13.0 Å². The normalized spacial score (nSPS) is 34.4. The molecule has 80 valence electrons. The Kier molecular flexibility index (Phi) is 3.53. The van der Waals surface area contributed by atoms with E-state index in [-0.39, 0.29) is 5.57 Å². The molecule has 4 unspecified atom stereocenters. The fourth-order valence-corrected chi connectivity index (χ4v) is 1.29. The highest BCUT2D eigenvalue weighted by Gasteiger charge is 2.36. The molecule has 4 atom stereocenters. The molecule has 1 fully saturated rings. The molecule has 5 heteroatoms. The molecule has 1 aliphatic heterocycles. The van der Waals surface area contributed by atoms with E-state index < -0.39 is 29.7 Å². The standard InChI is InChI=1S/C9H13ClO4/c1-4(11)7(10)3-6-8(12)5(2)14-9(6)13/h3-5,7-8,11-12H,1-2H3. The van der Waals surface area contributed by atoms with Gasteiger partial charge in [0.15, 0.2) is 0 Å². The van der Waals surface area contributed by atoms with Gasteiger partial charge in [-0.3, -0.25) is 0 Å². The molecule has 4 nitrogen and oxygen atoms in total. The molecule has 1 saturated heterocycles. The van der Waals surface area contributed by atoms with Crippen LogP contribution in [0.3, 0.4) is 0 Å². The number of carbonyl (C=O) groups excluding carboxylic acids is 1. The van der Waals surface area contributed by atoms with Gasteiger partial charge in [0.1, 0.15) is 12.2 Å². The molecule has 0 aromatic heterocycles. The van der Waals surface area contributed by atoms with Crippen molar-refractivity contribution in [1.29, 1.82) is 0 Å². The van der Waals surface area contributed by atoms with Crippen molar-refractivity contribution in [2.24, 2.45) is 0 Å². The molecule has 1 rings (SSSR count). The zero-order valence-corrected chi connectivity index (χ0v) is 8.73. The van der Waals surface area contributed by atoms with Crippen LogP contribution in [0.25, 0.3) is 0 Å². The second kappa shape index (κ2) is 4.29. The predicted molar refractivity (Wildman–Crippen MR) is 51.0 cm³/mol. The Morgan fingerprint density at radius 1 is 1.64 bits per heavy atom. The lowest BCUT2D eigenvalue weighted by Crippen LogP contribution is -2.21. The molecule has 1 aliphatic rings. The lowest BCUT2D eigenvalue weighted by molar-refractivity contribution is -0.138. The minimum Gasteiger partial charge on any atom is -0.456 e. The summed E-state index contributed by atoms with van der Waals surface area (Å²) < 4.78 is 4.77. The smallest absolute Gasteiger partial charge is 0.336 e. The van der Waals surface area contributed by atoms with Gasteiger partial charge in [0.2, 0.25) is 0 Å². The Labute approximate surface area is 87.1 Å². The van der Waals surface area contributed by atoms with Gasteiger partial charge >= 0.3 is 5.97 Å². The van der Waals surface area contributed by atoms with Gasteiger partial charge in [-0.05, 0) is 13.8 Å². The summed E-state index contributed by atoms with van der Waals surface area (Å²) in [6.07, 6.45) is -0.947. The quantitative estimate of drug-likeness (QED) is 0.397. The number of hydrogen-bond donors (Lipinski definition) is 2. The molecule has 0 aromatic carbocycles. The van der Waals surface area contributed by atoms with Crippen LogP contribution in [0.4, 0.5) is 0 Å². The first-order valence-electron chi connectivity index (χ1n) is 4.36. The molecule has 1 heterocycles. The maximum atomic E-state index is 11.2. The van der Waals surface area contributed by atoms with Crippen molar-refractivity contribution in [3.8, 4) is 0 Å². The fourth-order valence-electron chi connectivity index (χ4n) is 1.15. The van der Waals surface area contributed by atoms with E-state index >= 15 is 0 Å². The summed E-state index contributed by atoms with van der Waals surface area (Å²) in [5, 5.41) is 17.9. The molecule has 0 radical (unpaired) electrons. The van der Waals surface area contributed by atoms with Crippen molar-refractivity contribution in [1.82, 2.24) is 0 Å². The van der Waals surface area contributed by atoms with Crippen LogP contribution in [0.2, 0.25) is 0 Å². The fraction of sp³-hybridized carbons (Fsp3) is 0.667. The van der Waals surface area contributed by atoms with Gasteiger partial charge < -0.3 is 14.9 Å². The number of aliphatic hydroxyl groups excluding tert-OH is 2. The average molecular weight is 221 g/mol. The molecule has 14 heavy (non-hydrogen) atoms. The number of aliphatic hydroxyl groups is 2. The van der Waals surface area contributed by atoms with Crippen LogP contribution in [-0.2, 0) is 9.53 Å². The van der Waals surface area contributed by atoms with Crippen molar-refractivity contribution < 1.29 is 19.7 Å². The highest BCUT2D eigenvalue weighted by atomic mass is 35.5. The summed E-state index contributed by atoms with van der Waals surface area (Å²) in [5.41, 5.74) is 0.124. The number of carbonyl (C=O) groups is 1. The minimum atomic E-state index is -0.956. The lowest BCUT2D eigenvalue weighted by Gasteiger charge is -2.09. The molecular weight excluding hydrogens is 208 g/mol. The summed E-state index contributed by atoms with van der Waals surface area (Å²) in [6.45, 7) is 3.10. The molecule has 0 amide bonds. The molecule has 0 spiro atoms. The van der Waals surface area contributed by atoms with Gasteiger partial charge in [-0.1, -0.05) is 6.08 Å². The van der Waals surface area contributed by atoms with Crippen molar-refractivity contribution >= 4 is 17.6 Å². The van der Waals surface area contributed by atoms with Crippen LogP contribution >= 0.6 is 11.6 Å². The maximum Gasteiger partial charge on any atom is 0.336 e. The van der Waals surface area contributed by atoms with Gasteiger partial charge in [-0.25, -0.2) is 4.79 Å². The summed E-state index contributed by atoms with van der Waals surface area (Å²) in [7, 11) is 0. The van der Waals surface area contributed by atoms with Crippen LogP contribution in [0.1, 0.15) is 13.8 Å². The van der Waals surface area contributed by atoms with Crippen LogP contribution in [0.15, 0.2) is 11.6 Å². The average Bonchev–Trinajstić information content (AvgIpc) is 2.32. The van der Waals surface area contributed by atoms with Gasteiger partial charge in [0, 0.05) is 0 Å². The molecular formula is C9H13ClO4. The molecule has 0 bridgehead atoms. The van der Waals surface area contributed by atoms with Crippen LogP contribution in [0, 0.1) is 0 Å². The first kappa shape index (κ1) is 11.5. The number of alkyl halides is 1. The van der Waals surface area contributed by atoms with Gasteiger partial charge in [-0.15, -0.1) is 11.6 Å². The molecule has 2 N–H and O–H groups in total. The van der Waals surface area contributed by atoms with Gasteiger partial charge in [-0.2, -0.15) is 0 Å². The predicted octanol–water partition coefficient (Wildman–Crippen LogP) is 0.207. The van der Waals surface area contributed by atoms with E-state index in [9.17, 15) is 9.90 Å². The number of hydrogen-bond acceptors (Lipinski definition) is 4. The van der Waals surface area contributed by atoms with E-state index in [4.69, 9.17) is 21.4 Å². The minimum absolute atomic E-state index is 0.124.